The first-order valence-corrected chi connectivity index (χ1v) is 9.41. The van der Waals surface area contributed by atoms with Gasteiger partial charge in [-0.15, -0.1) is 0 Å². The standard InChI is InChI=1S/C22H19N3O4/c23-12-15-7-9-16(10-8-15)14-29-19(26)13-25-20(27)22(24-21(25)28)11-3-5-17-4-1-2-6-18(17)22/h1-2,4,6-10H,3,5,11,13-14H2,(H,24,28)/t22-/m1/s1. The summed E-state index contributed by atoms with van der Waals surface area (Å²) in [6.45, 7) is -0.437. The smallest absolute Gasteiger partial charge is 0.326 e. The van der Waals surface area contributed by atoms with Gasteiger partial charge in [0.15, 0.2) is 0 Å². The Morgan fingerprint density at radius 3 is 2.69 bits per heavy atom. The van der Waals surface area contributed by atoms with Gasteiger partial charge in [0.05, 0.1) is 11.6 Å². The summed E-state index contributed by atoms with van der Waals surface area (Å²) in [5.41, 5.74) is 1.97. The molecular formula is C22H19N3O4. The molecule has 0 radical (unpaired) electrons. The quantitative estimate of drug-likeness (QED) is 0.639. The number of esters is 1. The SMILES string of the molecule is N#Cc1ccc(COC(=O)CN2C(=O)N[C@@]3(CCCc4ccccc43)C2=O)cc1. The van der Waals surface area contributed by atoms with Crippen molar-refractivity contribution in [2.75, 3.05) is 6.54 Å². The Kier molecular flexibility index (Phi) is 4.77. The predicted octanol–water partition coefficient (Wildman–Crippen LogP) is 2.39. The molecule has 2 aliphatic rings. The van der Waals surface area contributed by atoms with Crippen LogP contribution in [0.1, 0.15) is 35.1 Å². The van der Waals surface area contributed by atoms with E-state index in [1.165, 1.54) is 0 Å². The van der Waals surface area contributed by atoms with Crippen LogP contribution in [0.3, 0.4) is 0 Å². The lowest BCUT2D eigenvalue weighted by atomic mass is 9.76. The van der Waals surface area contributed by atoms with Crippen molar-refractivity contribution in [3.8, 4) is 6.07 Å². The zero-order valence-electron chi connectivity index (χ0n) is 15.7. The highest BCUT2D eigenvalue weighted by Crippen LogP contribution is 2.39. The molecule has 4 rings (SSSR count). The third-order valence-electron chi connectivity index (χ3n) is 5.42. The Morgan fingerprint density at radius 2 is 1.93 bits per heavy atom. The van der Waals surface area contributed by atoms with Gasteiger partial charge in [-0.3, -0.25) is 14.5 Å². The number of rotatable bonds is 4. The lowest BCUT2D eigenvalue weighted by Crippen LogP contribution is -2.46. The van der Waals surface area contributed by atoms with Crippen molar-refractivity contribution >= 4 is 17.9 Å². The fourth-order valence-corrected chi connectivity index (χ4v) is 3.97. The molecule has 0 unspecified atom stereocenters. The number of amides is 3. The maximum Gasteiger partial charge on any atom is 0.326 e. The summed E-state index contributed by atoms with van der Waals surface area (Å²) in [6, 6.07) is 15.7. The van der Waals surface area contributed by atoms with Crippen molar-refractivity contribution in [3.63, 3.8) is 0 Å². The minimum atomic E-state index is -1.10. The number of hydrogen-bond donors (Lipinski definition) is 1. The molecule has 1 N–H and O–H groups in total. The highest BCUT2D eigenvalue weighted by atomic mass is 16.5. The number of nitrogens with one attached hydrogen (secondary N) is 1. The zero-order chi connectivity index (χ0) is 20.4. The normalized spacial score (nSPS) is 20.2. The lowest BCUT2D eigenvalue weighted by Gasteiger charge is -2.33. The van der Waals surface area contributed by atoms with E-state index in [9.17, 15) is 14.4 Å². The highest BCUT2D eigenvalue weighted by molar-refractivity contribution is 6.09. The van der Waals surface area contributed by atoms with Crippen LogP contribution in [-0.2, 0) is 32.9 Å². The van der Waals surface area contributed by atoms with Crippen LogP contribution in [0.4, 0.5) is 4.79 Å². The molecule has 2 aromatic carbocycles. The lowest BCUT2D eigenvalue weighted by molar-refractivity contribution is -0.149. The average Bonchev–Trinajstić information content (AvgIpc) is 2.97. The molecule has 1 saturated heterocycles. The summed E-state index contributed by atoms with van der Waals surface area (Å²) in [5, 5.41) is 11.6. The van der Waals surface area contributed by atoms with E-state index in [0.29, 0.717) is 17.5 Å². The summed E-state index contributed by atoms with van der Waals surface area (Å²) < 4.78 is 5.21. The first-order chi connectivity index (χ1) is 14.0. The first kappa shape index (κ1) is 18.7. The molecule has 1 atom stereocenters. The predicted molar refractivity (Wildman–Crippen MR) is 102 cm³/mol. The van der Waals surface area contributed by atoms with Crippen LogP contribution in [0.2, 0.25) is 0 Å². The van der Waals surface area contributed by atoms with Crippen molar-refractivity contribution in [2.45, 2.75) is 31.4 Å². The molecule has 0 bridgehead atoms. The van der Waals surface area contributed by atoms with Crippen LogP contribution in [0.5, 0.6) is 0 Å². The van der Waals surface area contributed by atoms with Gasteiger partial charge in [-0.25, -0.2) is 4.79 Å². The second-order valence-electron chi connectivity index (χ2n) is 7.21. The maximum absolute atomic E-state index is 13.1. The number of urea groups is 1. The number of aryl methyl sites for hydroxylation is 1. The number of carbonyl (C=O) groups is 3. The van der Waals surface area contributed by atoms with Gasteiger partial charge in [-0.2, -0.15) is 5.26 Å². The van der Waals surface area contributed by atoms with Crippen LogP contribution in [0, 0.1) is 11.3 Å². The Balaban J connectivity index is 1.45. The van der Waals surface area contributed by atoms with E-state index in [2.05, 4.69) is 5.32 Å². The maximum atomic E-state index is 13.1. The molecule has 1 spiro atoms. The minimum Gasteiger partial charge on any atom is -0.459 e. The minimum absolute atomic E-state index is 0.00215. The number of nitriles is 1. The Labute approximate surface area is 167 Å². The van der Waals surface area contributed by atoms with E-state index in [-0.39, 0.29) is 6.61 Å². The second-order valence-corrected chi connectivity index (χ2v) is 7.21. The molecule has 2 aromatic rings. The molecule has 1 aliphatic carbocycles. The van der Waals surface area contributed by atoms with Crippen molar-refractivity contribution < 1.29 is 19.1 Å². The van der Waals surface area contributed by atoms with Gasteiger partial charge >= 0.3 is 12.0 Å². The monoisotopic (exact) mass is 389 g/mol. The van der Waals surface area contributed by atoms with Crippen LogP contribution in [-0.4, -0.2) is 29.4 Å². The summed E-state index contributed by atoms with van der Waals surface area (Å²) in [7, 11) is 0. The van der Waals surface area contributed by atoms with Crippen molar-refractivity contribution in [1.29, 1.82) is 5.26 Å². The fraction of sp³-hybridized carbons (Fsp3) is 0.273. The highest BCUT2D eigenvalue weighted by Gasteiger charge is 2.54. The Morgan fingerprint density at radius 1 is 1.17 bits per heavy atom. The number of nitrogens with zero attached hydrogens (tertiary/aromatic N) is 2. The third kappa shape index (κ3) is 3.34. The van der Waals surface area contributed by atoms with Gasteiger partial charge in [0.25, 0.3) is 5.91 Å². The molecule has 1 fully saturated rings. The molecule has 1 aliphatic heterocycles. The summed E-state index contributed by atoms with van der Waals surface area (Å²) >= 11 is 0. The number of benzene rings is 2. The molecule has 3 amide bonds. The zero-order valence-corrected chi connectivity index (χ0v) is 15.7. The Hall–Kier alpha value is -3.66. The number of hydrogen-bond acceptors (Lipinski definition) is 5. The second kappa shape index (κ2) is 7.40. The summed E-state index contributed by atoms with van der Waals surface area (Å²) in [5.74, 6) is -1.08. The van der Waals surface area contributed by atoms with Gasteiger partial charge in [-0.1, -0.05) is 36.4 Å². The molecule has 0 aromatic heterocycles. The number of carbonyl (C=O) groups excluding carboxylic acids is 3. The molecule has 7 heteroatoms. The molecule has 0 saturated carbocycles. The van der Waals surface area contributed by atoms with E-state index in [1.54, 1.807) is 24.3 Å². The largest absolute Gasteiger partial charge is 0.459 e. The average molecular weight is 389 g/mol. The van der Waals surface area contributed by atoms with Crippen molar-refractivity contribution in [1.82, 2.24) is 10.2 Å². The van der Waals surface area contributed by atoms with Gasteiger partial charge < -0.3 is 10.1 Å². The topological polar surface area (TPSA) is 99.5 Å². The number of imide groups is 1. The van der Waals surface area contributed by atoms with Gasteiger partial charge in [0.1, 0.15) is 18.7 Å². The third-order valence-corrected chi connectivity index (χ3v) is 5.42. The van der Waals surface area contributed by atoms with Crippen LogP contribution in [0.25, 0.3) is 0 Å². The van der Waals surface area contributed by atoms with Crippen LogP contribution in [0.15, 0.2) is 48.5 Å². The van der Waals surface area contributed by atoms with Crippen LogP contribution < -0.4 is 5.32 Å². The van der Waals surface area contributed by atoms with Gasteiger partial charge in [-0.05, 0) is 48.1 Å². The molecule has 7 nitrogen and oxygen atoms in total. The van der Waals surface area contributed by atoms with Crippen molar-refractivity contribution in [3.05, 3.63) is 70.8 Å². The number of fused-ring (bicyclic) bond motifs is 2. The molecule has 29 heavy (non-hydrogen) atoms. The van der Waals surface area contributed by atoms with Gasteiger partial charge in [0.2, 0.25) is 0 Å². The van der Waals surface area contributed by atoms with E-state index in [1.807, 2.05) is 30.3 Å². The molecule has 1 heterocycles. The Bertz CT molecular complexity index is 1030. The van der Waals surface area contributed by atoms with E-state index in [4.69, 9.17) is 10.00 Å². The van der Waals surface area contributed by atoms with E-state index < -0.39 is 30.0 Å². The van der Waals surface area contributed by atoms with E-state index >= 15 is 0 Å². The number of ether oxygens (including phenoxy) is 1. The fourth-order valence-electron chi connectivity index (χ4n) is 3.97. The van der Waals surface area contributed by atoms with Gasteiger partial charge in [0, 0.05) is 0 Å². The molecule has 146 valence electrons. The first-order valence-electron chi connectivity index (χ1n) is 9.41. The van der Waals surface area contributed by atoms with E-state index in [0.717, 1.165) is 28.9 Å². The van der Waals surface area contributed by atoms with Crippen LogP contribution >= 0.6 is 0 Å². The van der Waals surface area contributed by atoms with Crippen molar-refractivity contribution in [2.24, 2.45) is 0 Å². The summed E-state index contributed by atoms with van der Waals surface area (Å²) in [6.07, 6.45) is 2.14. The molecular weight excluding hydrogens is 370 g/mol. The summed E-state index contributed by atoms with van der Waals surface area (Å²) in [4.78, 5) is 38.8.